The third-order valence-electron chi connectivity index (χ3n) is 5.26. The summed E-state index contributed by atoms with van der Waals surface area (Å²) in [5.41, 5.74) is 1.38. The number of carbonyl (C=O) groups excluding carboxylic acids is 1. The number of hydroxylamine groups is 1. The maximum Gasteiger partial charge on any atom is 0.264 e. The maximum atomic E-state index is 12.9. The minimum atomic E-state index is -3.74. The fourth-order valence-electron chi connectivity index (χ4n) is 3.33. The summed E-state index contributed by atoms with van der Waals surface area (Å²) in [7, 11) is -1.14. The van der Waals surface area contributed by atoms with E-state index in [1.165, 1.54) is 38.4 Å². The number of aromatic nitrogens is 2. The molecule has 1 aliphatic heterocycles. The molecule has 0 radical (unpaired) electrons. The van der Waals surface area contributed by atoms with Crippen molar-refractivity contribution in [3.8, 4) is 0 Å². The highest BCUT2D eigenvalue weighted by Gasteiger charge is 2.25. The molecule has 1 aromatic carbocycles. The molecule has 0 saturated carbocycles. The summed E-state index contributed by atoms with van der Waals surface area (Å²) in [5, 5.41) is 0. The Morgan fingerprint density at radius 3 is 2.26 bits per heavy atom. The van der Waals surface area contributed by atoms with Crippen molar-refractivity contribution in [3.63, 3.8) is 0 Å². The van der Waals surface area contributed by atoms with Gasteiger partial charge in [0.15, 0.2) is 0 Å². The molecule has 31 heavy (non-hydrogen) atoms. The molecule has 9 nitrogen and oxygen atoms in total. The first-order valence-corrected chi connectivity index (χ1v) is 11.6. The van der Waals surface area contributed by atoms with Gasteiger partial charge in [-0.3, -0.25) is 9.63 Å². The zero-order valence-corrected chi connectivity index (χ0v) is 19.4. The van der Waals surface area contributed by atoms with Crippen molar-refractivity contribution in [2.75, 3.05) is 45.2 Å². The molecule has 0 bridgehead atoms. The monoisotopic (exact) mass is 447 g/mol. The van der Waals surface area contributed by atoms with Gasteiger partial charge in [-0.15, -0.1) is 0 Å². The molecular weight excluding hydrogens is 418 g/mol. The van der Waals surface area contributed by atoms with Crippen LogP contribution in [0.3, 0.4) is 0 Å². The molecule has 0 aliphatic carbocycles. The van der Waals surface area contributed by atoms with Crippen LogP contribution in [0, 0.1) is 6.92 Å². The van der Waals surface area contributed by atoms with Crippen molar-refractivity contribution < 1.29 is 18.0 Å². The second kappa shape index (κ2) is 9.29. The number of hydrogen-bond donors (Lipinski definition) is 0. The molecule has 0 atom stereocenters. The van der Waals surface area contributed by atoms with Crippen LogP contribution in [0.2, 0.25) is 0 Å². The number of piperazine rings is 1. The number of aryl methyl sites for hydroxylation is 1. The predicted octanol–water partition coefficient (Wildman–Crippen LogP) is 2.05. The molecule has 1 aromatic heterocycles. The molecule has 0 unspecified atom stereocenters. The van der Waals surface area contributed by atoms with Gasteiger partial charge < -0.3 is 9.80 Å². The van der Waals surface area contributed by atoms with Crippen LogP contribution in [-0.4, -0.2) is 74.0 Å². The van der Waals surface area contributed by atoms with Gasteiger partial charge in [0.1, 0.15) is 11.6 Å². The number of amides is 1. The van der Waals surface area contributed by atoms with E-state index in [0.717, 1.165) is 21.8 Å². The maximum absolute atomic E-state index is 12.9. The van der Waals surface area contributed by atoms with E-state index in [1.54, 1.807) is 4.90 Å². The SMILES string of the molecule is CON(C)S(=O)(=O)c1ccc(C(=O)N2CCN(c3cc(C)nc(C(C)C)n3)CC2)cc1. The highest BCUT2D eigenvalue weighted by molar-refractivity contribution is 7.89. The highest BCUT2D eigenvalue weighted by atomic mass is 32.2. The number of anilines is 1. The first-order chi connectivity index (χ1) is 14.6. The largest absolute Gasteiger partial charge is 0.353 e. The molecule has 2 aromatic rings. The average Bonchev–Trinajstić information content (AvgIpc) is 2.77. The van der Waals surface area contributed by atoms with Crippen molar-refractivity contribution in [3.05, 3.63) is 47.4 Å². The van der Waals surface area contributed by atoms with E-state index in [0.29, 0.717) is 31.7 Å². The zero-order chi connectivity index (χ0) is 22.8. The molecule has 1 amide bonds. The van der Waals surface area contributed by atoms with Crippen LogP contribution in [0.5, 0.6) is 0 Å². The summed E-state index contributed by atoms with van der Waals surface area (Å²) in [5.74, 6) is 1.84. The number of carbonyl (C=O) groups is 1. The Hall–Kier alpha value is -2.56. The molecule has 10 heteroatoms. The molecule has 0 spiro atoms. The lowest BCUT2D eigenvalue weighted by Crippen LogP contribution is -2.49. The van der Waals surface area contributed by atoms with Crippen LogP contribution in [0.25, 0.3) is 0 Å². The Morgan fingerprint density at radius 1 is 1.10 bits per heavy atom. The first kappa shape index (κ1) is 23.1. The second-order valence-electron chi connectivity index (χ2n) is 7.78. The van der Waals surface area contributed by atoms with E-state index in [-0.39, 0.29) is 16.7 Å². The summed E-state index contributed by atoms with van der Waals surface area (Å²) in [6.45, 7) is 8.56. The summed E-state index contributed by atoms with van der Waals surface area (Å²) in [6.07, 6.45) is 0. The Labute approximate surface area is 183 Å². The van der Waals surface area contributed by atoms with Crippen molar-refractivity contribution in [1.82, 2.24) is 19.3 Å². The highest BCUT2D eigenvalue weighted by Crippen LogP contribution is 2.20. The van der Waals surface area contributed by atoms with Gasteiger partial charge in [-0.2, -0.15) is 0 Å². The molecule has 2 heterocycles. The number of hydrogen-bond acceptors (Lipinski definition) is 7. The van der Waals surface area contributed by atoms with Crippen molar-refractivity contribution in [1.29, 1.82) is 0 Å². The van der Waals surface area contributed by atoms with Gasteiger partial charge in [0.05, 0.1) is 12.0 Å². The zero-order valence-electron chi connectivity index (χ0n) is 18.6. The summed E-state index contributed by atoms with van der Waals surface area (Å²) in [6, 6.07) is 7.89. The number of sulfonamides is 1. The summed E-state index contributed by atoms with van der Waals surface area (Å²) >= 11 is 0. The lowest BCUT2D eigenvalue weighted by Gasteiger charge is -2.35. The van der Waals surface area contributed by atoms with E-state index < -0.39 is 10.0 Å². The van der Waals surface area contributed by atoms with Gasteiger partial charge in [0.25, 0.3) is 15.9 Å². The quantitative estimate of drug-likeness (QED) is 0.626. The Balaban J connectivity index is 1.67. The third-order valence-corrected chi connectivity index (χ3v) is 6.95. The van der Waals surface area contributed by atoms with E-state index in [4.69, 9.17) is 4.84 Å². The van der Waals surface area contributed by atoms with E-state index in [1.807, 2.05) is 13.0 Å². The number of benzene rings is 1. The normalized spacial score (nSPS) is 15.1. The minimum Gasteiger partial charge on any atom is -0.353 e. The van der Waals surface area contributed by atoms with Crippen molar-refractivity contribution >= 4 is 21.7 Å². The fraction of sp³-hybridized carbons (Fsp3) is 0.476. The summed E-state index contributed by atoms with van der Waals surface area (Å²) in [4.78, 5) is 30.8. The van der Waals surface area contributed by atoms with E-state index in [9.17, 15) is 13.2 Å². The molecule has 168 valence electrons. The Bertz CT molecular complexity index is 1030. The van der Waals surface area contributed by atoms with Gasteiger partial charge in [-0.25, -0.2) is 18.4 Å². The molecule has 3 rings (SSSR count). The lowest BCUT2D eigenvalue weighted by atomic mass is 10.1. The van der Waals surface area contributed by atoms with Crippen molar-refractivity contribution in [2.24, 2.45) is 0 Å². The molecule has 1 saturated heterocycles. The fourth-order valence-corrected chi connectivity index (χ4v) is 4.31. The van der Waals surface area contributed by atoms with Gasteiger partial charge in [-0.1, -0.05) is 18.3 Å². The van der Waals surface area contributed by atoms with E-state index >= 15 is 0 Å². The van der Waals surface area contributed by atoms with Crippen LogP contribution in [-0.2, 0) is 14.9 Å². The lowest BCUT2D eigenvalue weighted by molar-refractivity contribution is -0.0258. The van der Waals surface area contributed by atoms with Gasteiger partial charge >= 0.3 is 0 Å². The number of nitrogens with zero attached hydrogens (tertiary/aromatic N) is 5. The van der Waals surface area contributed by atoms with Crippen molar-refractivity contribution in [2.45, 2.75) is 31.6 Å². The molecule has 1 fully saturated rings. The second-order valence-corrected chi connectivity index (χ2v) is 9.72. The molecular formula is C21H29N5O4S. The number of rotatable bonds is 6. The van der Waals surface area contributed by atoms with Crippen LogP contribution < -0.4 is 4.90 Å². The van der Waals surface area contributed by atoms with E-state index in [2.05, 4.69) is 28.7 Å². The van der Waals surface area contributed by atoms with Crippen LogP contribution in [0.15, 0.2) is 35.2 Å². The average molecular weight is 448 g/mol. The third kappa shape index (κ3) is 5.03. The van der Waals surface area contributed by atoms with Crippen LogP contribution in [0.4, 0.5) is 5.82 Å². The van der Waals surface area contributed by atoms with Gasteiger partial charge in [0.2, 0.25) is 0 Å². The van der Waals surface area contributed by atoms with Gasteiger partial charge in [-0.05, 0) is 31.2 Å². The van der Waals surface area contributed by atoms with Crippen LogP contribution >= 0.6 is 0 Å². The van der Waals surface area contributed by atoms with Crippen LogP contribution in [0.1, 0.15) is 41.6 Å². The molecule has 1 aliphatic rings. The topological polar surface area (TPSA) is 95.9 Å². The molecule has 0 N–H and O–H groups in total. The Morgan fingerprint density at radius 2 is 1.71 bits per heavy atom. The standard InChI is InChI=1S/C21H29N5O4S/c1-15(2)20-22-16(3)14-19(23-20)25-10-12-26(13-11-25)21(27)17-6-8-18(9-7-17)31(28,29)24(4)30-5/h6-9,14-15H,10-13H2,1-5H3. The minimum absolute atomic E-state index is 0.0679. The smallest absolute Gasteiger partial charge is 0.264 e. The summed E-state index contributed by atoms with van der Waals surface area (Å²) < 4.78 is 25.4. The Kier molecular flexibility index (Phi) is 6.93. The first-order valence-electron chi connectivity index (χ1n) is 10.2. The van der Waals surface area contributed by atoms with Gasteiger partial charge in [0, 0.05) is 56.5 Å². The predicted molar refractivity (Wildman–Crippen MR) is 117 cm³/mol.